The van der Waals surface area contributed by atoms with Crippen LogP contribution in [0.25, 0.3) is 10.8 Å². The maximum atomic E-state index is 12.7. The van der Waals surface area contributed by atoms with Crippen molar-refractivity contribution in [3.8, 4) is 0 Å². The van der Waals surface area contributed by atoms with Crippen molar-refractivity contribution in [2.45, 2.75) is 25.7 Å². The number of anilines is 1. The Morgan fingerprint density at radius 1 is 0.969 bits per heavy atom. The molecule has 8 heteroatoms. The number of hydrogen-bond acceptors (Lipinski definition) is 5. The summed E-state index contributed by atoms with van der Waals surface area (Å²) in [6.07, 6.45) is 0. The normalized spacial score (nSPS) is 11.3. The van der Waals surface area contributed by atoms with Gasteiger partial charge in [0.15, 0.2) is 6.61 Å². The van der Waals surface area contributed by atoms with Crippen molar-refractivity contribution in [1.82, 2.24) is 4.72 Å². The van der Waals surface area contributed by atoms with Crippen LogP contribution < -0.4 is 9.62 Å². The van der Waals surface area contributed by atoms with Crippen molar-refractivity contribution in [2.75, 3.05) is 24.6 Å². The molecule has 0 saturated heterocycles. The Bertz CT molecular complexity index is 1250. The molecule has 32 heavy (non-hydrogen) atoms. The molecule has 0 aliphatic carbocycles. The lowest BCUT2D eigenvalue weighted by Gasteiger charge is -2.22. The molecule has 3 aromatic rings. The summed E-state index contributed by atoms with van der Waals surface area (Å²) in [6.45, 7) is 4.86. The molecule has 0 aromatic heterocycles. The first kappa shape index (κ1) is 23.4. The van der Waals surface area contributed by atoms with Gasteiger partial charge in [-0.05, 0) is 55.5 Å². The van der Waals surface area contributed by atoms with Crippen molar-refractivity contribution in [2.24, 2.45) is 0 Å². The van der Waals surface area contributed by atoms with Crippen molar-refractivity contribution in [3.05, 3.63) is 71.8 Å². The van der Waals surface area contributed by atoms with E-state index >= 15 is 0 Å². The van der Waals surface area contributed by atoms with Crippen LogP contribution in [0, 0.1) is 13.8 Å². The average Bonchev–Trinajstić information content (AvgIpc) is 2.78. The van der Waals surface area contributed by atoms with Gasteiger partial charge in [-0.2, -0.15) is 4.72 Å². The van der Waals surface area contributed by atoms with E-state index in [2.05, 4.69) is 4.72 Å². The molecule has 3 rings (SSSR count). The highest BCUT2D eigenvalue weighted by molar-refractivity contribution is 7.89. The highest BCUT2D eigenvalue weighted by atomic mass is 32.2. The molecular weight excluding hydrogens is 428 g/mol. The van der Waals surface area contributed by atoms with E-state index in [9.17, 15) is 18.0 Å². The fourth-order valence-corrected chi connectivity index (χ4v) is 4.37. The fourth-order valence-electron chi connectivity index (χ4n) is 3.31. The van der Waals surface area contributed by atoms with Crippen LogP contribution in [0.3, 0.4) is 0 Å². The Hall–Kier alpha value is -3.23. The van der Waals surface area contributed by atoms with Crippen molar-refractivity contribution in [3.63, 3.8) is 0 Å². The summed E-state index contributed by atoms with van der Waals surface area (Å²) < 4.78 is 32.1. The molecule has 0 saturated carbocycles. The summed E-state index contributed by atoms with van der Waals surface area (Å²) in [4.78, 5) is 26.4. The summed E-state index contributed by atoms with van der Waals surface area (Å²) in [5.41, 5.74) is 2.52. The van der Waals surface area contributed by atoms with Crippen LogP contribution >= 0.6 is 0 Å². The zero-order chi connectivity index (χ0) is 23.3. The molecule has 0 aliphatic rings. The number of benzene rings is 3. The average molecular weight is 455 g/mol. The van der Waals surface area contributed by atoms with Gasteiger partial charge in [0.1, 0.15) is 6.54 Å². The first-order chi connectivity index (χ1) is 15.2. The van der Waals surface area contributed by atoms with Gasteiger partial charge in [0, 0.05) is 11.9 Å². The van der Waals surface area contributed by atoms with Crippen LogP contribution in [0.4, 0.5) is 5.69 Å². The minimum atomic E-state index is -3.87. The van der Waals surface area contributed by atoms with Crippen molar-refractivity contribution < 1.29 is 22.7 Å². The molecule has 0 atom stereocenters. The first-order valence-corrected chi connectivity index (χ1v) is 11.7. The number of hydrogen-bond donors (Lipinski definition) is 1. The predicted molar refractivity (Wildman–Crippen MR) is 124 cm³/mol. The van der Waals surface area contributed by atoms with Gasteiger partial charge in [-0.25, -0.2) is 8.42 Å². The molecular formula is C24H26N2O5S. The number of nitrogens with zero attached hydrogens (tertiary/aromatic N) is 1. The highest BCUT2D eigenvalue weighted by Gasteiger charge is 2.20. The SMILES string of the molecule is CCN(C(=O)COC(=O)CNS(=O)(=O)c1ccc(C)c(C)c1)c1cccc2ccccc12. The van der Waals surface area contributed by atoms with Gasteiger partial charge in [-0.1, -0.05) is 42.5 Å². The monoisotopic (exact) mass is 454 g/mol. The molecule has 1 N–H and O–H groups in total. The third-order valence-electron chi connectivity index (χ3n) is 5.23. The Morgan fingerprint density at radius 2 is 1.69 bits per heavy atom. The Morgan fingerprint density at radius 3 is 2.41 bits per heavy atom. The number of sulfonamides is 1. The number of carbonyl (C=O) groups excluding carboxylic acids is 2. The zero-order valence-electron chi connectivity index (χ0n) is 18.3. The molecule has 7 nitrogen and oxygen atoms in total. The number of nitrogens with one attached hydrogen (secondary N) is 1. The van der Waals surface area contributed by atoms with E-state index < -0.39 is 35.1 Å². The number of likely N-dealkylation sites (N-methyl/N-ethyl adjacent to an activating group) is 1. The van der Waals surface area contributed by atoms with Crippen LogP contribution in [0.15, 0.2) is 65.6 Å². The Labute approximate surface area is 188 Å². The van der Waals surface area contributed by atoms with Crippen LogP contribution in [-0.4, -0.2) is 40.0 Å². The quantitative estimate of drug-likeness (QED) is 0.527. The molecule has 0 heterocycles. The van der Waals surface area contributed by atoms with Gasteiger partial charge in [0.25, 0.3) is 5.91 Å². The minimum absolute atomic E-state index is 0.0672. The molecule has 0 unspecified atom stereocenters. The van der Waals surface area contributed by atoms with Gasteiger partial charge >= 0.3 is 5.97 Å². The van der Waals surface area contributed by atoms with E-state index in [1.807, 2.05) is 63.2 Å². The second-order valence-electron chi connectivity index (χ2n) is 7.37. The van der Waals surface area contributed by atoms with E-state index in [4.69, 9.17) is 4.74 Å². The summed E-state index contributed by atoms with van der Waals surface area (Å²) in [5.74, 6) is -1.23. The summed E-state index contributed by atoms with van der Waals surface area (Å²) in [7, 11) is -3.87. The molecule has 168 valence electrons. The van der Waals surface area contributed by atoms with E-state index in [0.717, 1.165) is 27.6 Å². The third kappa shape index (κ3) is 5.33. The second kappa shape index (κ2) is 9.93. The molecule has 3 aromatic carbocycles. The lowest BCUT2D eigenvalue weighted by Crippen LogP contribution is -2.36. The maximum absolute atomic E-state index is 12.7. The number of esters is 1. The van der Waals surface area contributed by atoms with Crippen molar-refractivity contribution in [1.29, 1.82) is 0 Å². The third-order valence-corrected chi connectivity index (χ3v) is 6.63. The van der Waals surface area contributed by atoms with Gasteiger partial charge in [-0.15, -0.1) is 0 Å². The zero-order valence-corrected chi connectivity index (χ0v) is 19.1. The second-order valence-corrected chi connectivity index (χ2v) is 9.13. The number of carbonyl (C=O) groups is 2. The molecule has 0 spiro atoms. The van der Waals surface area contributed by atoms with Crippen molar-refractivity contribution >= 4 is 38.4 Å². The lowest BCUT2D eigenvalue weighted by atomic mass is 10.1. The molecule has 0 fully saturated rings. The number of rotatable bonds is 8. The summed E-state index contributed by atoms with van der Waals surface area (Å²) in [6, 6.07) is 18.1. The van der Waals surface area contributed by atoms with E-state index in [0.29, 0.717) is 6.54 Å². The Kier molecular flexibility index (Phi) is 7.27. The lowest BCUT2D eigenvalue weighted by molar-refractivity contribution is -0.146. The van der Waals surface area contributed by atoms with Gasteiger partial charge in [-0.3, -0.25) is 9.59 Å². The summed E-state index contributed by atoms with van der Waals surface area (Å²) >= 11 is 0. The fraction of sp³-hybridized carbons (Fsp3) is 0.250. The van der Waals surface area contributed by atoms with Crippen LogP contribution in [0.1, 0.15) is 18.1 Å². The van der Waals surface area contributed by atoms with Gasteiger partial charge in [0.2, 0.25) is 10.0 Å². The van der Waals surface area contributed by atoms with Crippen LogP contribution in [0.5, 0.6) is 0 Å². The topological polar surface area (TPSA) is 92.8 Å². The Balaban J connectivity index is 1.61. The minimum Gasteiger partial charge on any atom is -0.455 e. The van der Waals surface area contributed by atoms with E-state index in [-0.39, 0.29) is 4.90 Å². The molecule has 0 radical (unpaired) electrons. The van der Waals surface area contributed by atoms with E-state index in [1.165, 1.54) is 17.0 Å². The molecule has 0 aliphatic heterocycles. The highest BCUT2D eigenvalue weighted by Crippen LogP contribution is 2.26. The number of amides is 1. The van der Waals surface area contributed by atoms with Gasteiger partial charge in [0.05, 0.1) is 10.6 Å². The smallest absolute Gasteiger partial charge is 0.321 e. The predicted octanol–water partition coefficient (Wildman–Crippen LogP) is 3.33. The van der Waals surface area contributed by atoms with Crippen LogP contribution in [0.2, 0.25) is 0 Å². The molecule has 0 bridgehead atoms. The van der Waals surface area contributed by atoms with Crippen LogP contribution in [-0.2, 0) is 24.3 Å². The number of fused-ring (bicyclic) bond motifs is 1. The van der Waals surface area contributed by atoms with E-state index in [1.54, 1.807) is 6.07 Å². The first-order valence-electron chi connectivity index (χ1n) is 10.2. The number of aryl methyl sites for hydroxylation is 2. The number of ether oxygens (including phenoxy) is 1. The standard InChI is InChI=1S/C24H26N2O5S/c1-4-26(22-11-7-9-19-8-5-6-10-21(19)22)23(27)16-31-24(28)15-25-32(29,30)20-13-12-17(2)18(3)14-20/h5-14,25H,4,15-16H2,1-3H3. The largest absolute Gasteiger partial charge is 0.455 e. The summed E-state index contributed by atoms with van der Waals surface area (Å²) in [5, 5.41) is 1.91. The maximum Gasteiger partial charge on any atom is 0.321 e. The van der Waals surface area contributed by atoms with Gasteiger partial charge < -0.3 is 9.64 Å². The molecule has 1 amide bonds.